The summed E-state index contributed by atoms with van der Waals surface area (Å²) in [5.74, 6) is 0.627. The normalized spacial score (nSPS) is 14.5. The van der Waals surface area contributed by atoms with E-state index in [0.717, 1.165) is 16.9 Å². The van der Waals surface area contributed by atoms with E-state index in [2.05, 4.69) is 0 Å². The molecule has 2 aromatic rings. The molecule has 2 atom stereocenters. The summed E-state index contributed by atoms with van der Waals surface area (Å²) in [6, 6.07) is 16.8. The molecule has 0 bridgehead atoms. The number of amides is 1. The fourth-order valence-corrected chi connectivity index (χ4v) is 2.75. The van der Waals surface area contributed by atoms with Gasteiger partial charge >= 0.3 is 0 Å². The zero-order valence-corrected chi connectivity index (χ0v) is 14.7. The van der Waals surface area contributed by atoms with Crippen LogP contribution in [0.2, 0.25) is 0 Å². The van der Waals surface area contributed by atoms with Gasteiger partial charge in [-0.3, -0.25) is 4.79 Å². The van der Waals surface area contributed by atoms with E-state index < -0.39 is 5.60 Å². The van der Waals surface area contributed by atoms with Gasteiger partial charge in [-0.2, -0.15) is 0 Å². The molecule has 0 heterocycles. The monoisotopic (exact) mass is 327 g/mol. The second-order valence-corrected chi connectivity index (χ2v) is 6.24. The molecule has 0 aliphatic carbocycles. The number of hydrogen-bond donors (Lipinski definition) is 1. The number of methoxy groups -OCH3 is 1. The highest BCUT2D eigenvalue weighted by molar-refractivity contribution is 5.77. The molecule has 0 radical (unpaired) electrons. The van der Waals surface area contributed by atoms with Crippen LogP contribution in [0.25, 0.3) is 0 Å². The predicted molar refractivity (Wildman–Crippen MR) is 94.8 cm³/mol. The molecule has 0 aromatic heterocycles. The summed E-state index contributed by atoms with van der Waals surface area (Å²) in [6.07, 6.45) is 0.0208. The van der Waals surface area contributed by atoms with Gasteiger partial charge in [-0.15, -0.1) is 0 Å². The third-order valence-electron chi connectivity index (χ3n) is 4.45. The first-order chi connectivity index (χ1) is 11.4. The zero-order valence-electron chi connectivity index (χ0n) is 14.7. The number of benzene rings is 2. The van der Waals surface area contributed by atoms with Crippen LogP contribution in [0.5, 0.6) is 5.75 Å². The molecule has 1 N–H and O–H groups in total. The summed E-state index contributed by atoms with van der Waals surface area (Å²) in [5.41, 5.74) is 0.472. The third kappa shape index (κ3) is 3.95. The van der Waals surface area contributed by atoms with Gasteiger partial charge in [0.25, 0.3) is 0 Å². The average Bonchev–Trinajstić information content (AvgIpc) is 2.60. The number of hydrogen-bond acceptors (Lipinski definition) is 3. The van der Waals surface area contributed by atoms with Crippen molar-refractivity contribution in [1.29, 1.82) is 0 Å². The van der Waals surface area contributed by atoms with Crippen molar-refractivity contribution in [1.82, 2.24) is 4.90 Å². The van der Waals surface area contributed by atoms with E-state index in [1.54, 1.807) is 26.0 Å². The topological polar surface area (TPSA) is 49.8 Å². The summed E-state index contributed by atoms with van der Waals surface area (Å²) in [5, 5.41) is 10.7. The van der Waals surface area contributed by atoms with Gasteiger partial charge in [-0.25, -0.2) is 0 Å². The van der Waals surface area contributed by atoms with Crippen LogP contribution in [0.15, 0.2) is 54.6 Å². The van der Waals surface area contributed by atoms with Crippen molar-refractivity contribution in [3.8, 4) is 5.75 Å². The molecule has 0 saturated carbocycles. The molecular formula is C20H25NO3. The van der Waals surface area contributed by atoms with E-state index in [9.17, 15) is 9.90 Å². The molecule has 0 saturated heterocycles. The molecule has 0 spiro atoms. The Balaban J connectivity index is 2.14. The Bertz CT molecular complexity index is 682. The van der Waals surface area contributed by atoms with Gasteiger partial charge in [0.05, 0.1) is 25.2 Å². The number of carbonyl (C=O) groups is 1. The average molecular weight is 327 g/mol. The molecule has 2 unspecified atom stereocenters. The van der Waals surface area contributed by atoms with Gasteiger partial charge in [0.15, 0.2) is 0 Å². The van der Waals surface area contributed by atoms with E-state index in [1.807, 2.05) is 61.5 Å². The Morgan fingerprint density at radius 3 is 2.38 bits per heavy atom. The Labute approximate surface area is 143 Å². The van der Waals surface area contributed by atoms with Crippen molar-refractivity contribution in [2.24, 2.45) is 0 Å². The molecule has 2 aromatic carbocycles. The molecule has 0 fully saturated rings. The lowest BCUT2D eigenvalue weighted by atomic mass is 9.91. The lowest BCUT2D eigenvalue weighted by Crippen LogP contribution is -2.35. The first-order valence-corrected chi connectivity index (χ1v) is 8.03. The van der Waals surface area contributed by atoms with Gasteiger partial charge in [0.2, 0.25) is 5.91 Å². The molecule has 2 rings (SSSR count). The van der Waals surface area contributed by atoms with E-state index in [-0.39, 0.29) is 18.4 Å². The Morgan fingerprint density at radius 1 is 1.17 bits per heavy atom. The van der Waals surface area contributed by atoms with Crippen LogP contribution in [-0.2, 0) is 10.4 Å². The van der Waals surface area contributed by atoms with Crippen LogP contribution < -0.4 is 4.74 Å². The van der Waals surface area contributed by atoms with Gasteiger partial charge < -0.3 is 14.7 Å². The first kappa shape index (κ1) is 18.0. The minimum Gasteiger partial charge on any atom is -0.496 e. The lowest BCUT2D eigenvalue weighted by Gasteiger charge is -2.30. The summed E-state index contributed by atoms with van der Waals surface area (Å²) in [4.78, 5) is 14.3. The number of nitrogens with zero attached hydrogens (tertiary/aromatic N) is 1. The minimum atomic E-state index is -1.20. The molecular weight excluding hydrogens is 302 g/mol. The van der Waals surface area contributed by atoms with Gasteiger partial charge in [0, 0.05) is 12.6 Å². The Hall–Kier alpha value is -2.33. The van der Waals surface area contributed by atoms with Crippen molar-refractivity contribution < 1.29 is 14.6 Å². The van der Waals surface area contributed by atoms with Crippen LogP contribution >= 0.6 is 0 Å². The first-order valence-electron chi connectivity index (χ1n) is 8.03. The van der Waals surface area contributed by atoms with Crippen molar-refractivity contribution in [2.75, 3.05) is 14.2 Å². The smallest absolute Gasteiger partial charge is 0.226 e. The maximum Gasteiger partial charge on any atom is 0.226 e. The standard InChI is InChI=1S/C20H25NO3/c1-15(17-12-8-9-13-18(17)24-4)21(3)19(22)14-20(2,23)16-10-6-5-7-11-16/h5-13,15,23H,14H2,1-4H3. The van der Waals surface area contributed by atoms with Crippen molar-refractivity contribution >= 4 is 5.91 Å². The molecule has 4 nitrogen and oxygen atoms in total. The Morgan fingerprint density at radius 2 is 1.75 bits per heavy atom. The van der Waals surface area contributed by atoms with Crippen molar-refractivity contribution in [3.63, 3.8) is 0 Å². The Kier molecular flexibility index (Phi) is 5.62. The van der Waals surface area contributed by atoms with Gasteiger partial charge in [0.1, 0.15) is 5.75 Å². The molecule has 128 valence electrons. The third-order valence-corrected chi connectivity index (χ3v) is 4.45. The summed E-state index contributed by atoms with van der Waals surface area (Å²) >= 11 is 0. The van der Waals surface area contributed by atoms with Crippen LogP contribution in [0, 0.1) is 0 Å². The second kappa shape index (κ2) is 7.49. The minimum absolute atomic E-state index is 0.0208. The fourth-order valence-electron chi connectivity index (χ4n) is 2.75. The summed E-state index contributed by atoms with van der Waals surface area (Å²) in [6.45, 7) is 3.62. The van der Waals surface area contributed by atoms with Crippen molar-refractivity contribution in [2.45, 2.75) is 31.9 Å². The largest absolute Gasteiger partial charge is 0.496 e. The van der Waals surface area contributed by atoms with E-state index in [4.69, 9.17) is 4.74 Å². The molecule has 0 aliphatic rings. The highest BCUT2D eigenvalue weighted by Crippen LogP contribution is 2.30. The highest BCUT2D eigenvalue weighted by Gasteiger charge is 2.30. The number of para-hydroxylation sites is 1. The summed E-state index contributed by atoms with van der Waals surface area (Å²) in [7, 11) is 3.37. The van der Waals surface area contributed by atoms with Crippen LogP contribution in [0.3, 0.4) is 0 Å². The second-order valence-electron chi connectivity index (χ2n) is 6.24. The quantitative estimate of drug-likeness (QED) is 0.883. The lowest BCUT2D eigenvalue weighted by molar-refractivity contribution is -0.136. The predicted octanol–water partition coefficient (Wildman–Crippen LogP) is 3.51. The molecule has 4 heteroatoms. The molecule has 1 amide bonds. The highest BCUT2D eigenvalue weighted by atomic mass is 16.5. The molecule has 0 aliphatic heterocycles. The number of ether oxygens (including phenoxy) is 1. The van der Waals surface area contributed by atoms with Crippen LogP contribution in [0.1, 0.15) is 37.4 Å². The zero-order chi connectivity index (χ0) is 17.7. The van der Waals surface area contributed by atoms with Gasteiger partial charge in [-0.1, -0.05) is 48.5 Å². The molecule has 24 heavy (non-hydrogen) atoms. The number of aliphatic hydroxyl groups is 1. The van der Waals surface area contributed by atoms with E-state index in [1.165, 1.54) is 0 Å². The van der Waals surface area contributed by atoms with E-state index in [0.29, 0.717) is 0 Å². The van der Waals surface area contributed by atoms with E-state index >= 15 is 0 Å². The maximum absolute atomic E-state index is 12.7. The van der Waals surface area contributed by atoms with Crippen LogP contribution in [-0.4, -0.2) is 30.1 Å². The summed E-state index contributed by atoms with van der Waals surface area (Å²) < 4.78 is 5.38. The van der Waals surface area contributed by atoms with Gasteiger partial charge in [-0.05, 0) is 25.5 Å². The van der Waals surface area contributed by atoms with Crippen LogP contribution in [0.4, 0.5) is 0 Å². The number of carbonyl (C=O) groups excluding carboxylic acids is 1. The maximum atomic E-state index is 12.7. The SMILES string of the molecule is COc1ccccc1C(C)N(C)C(=O)CC(C)(O)c1ccccc1. The van der Waals surface area contributed by atoms with Crippen molar-refractivity contribution in [3.05, 3.63) is 65.7 Å². The fraction of sp³-hybridized carbons (Fsp3) is 0.350. The number of rotatable bonds is 6.